The van der Waals surface area contributed by atoms with Crippen molar-refractivity contribution in [3.05, 3.63) is 26.2 Å². The van der Waals surface area contributed by atoms with Crippen LogP contribution in [0.4, 0.5) is 5.69 Å². The number of nitrogens with zero attached hydrogens (tertiary/aromatic N) is 1. The van der Waals surface area contributed by atoms with Crippen molar-refractivity contribution in [1.29, 1.82) is 0 Å². The summed E-state index contributed by atoms with van der Waals surface area (Å²) in [7, 11) is 0. The molecule has 0 aromatic heterocycles. The first kappa shape index (κ1) is 14.6. The monoisotopic (exact) mass is 411 g/mol. The number of halogens is 2. The van der Waals surface area contributed by atoms with E-state index < -0.39 is 0 Å². The van der Waals surface area contributed by atoms with Crippen molar-refractivity contribution in [2.45, 2.75) is 19.3 Å². The smallest absolute Gasteiger partial charge is 0.139 e. The Labute approximate surface area is 123 Å². The van der Waals surface area contributed by atoms with Gasteiger partial charge >= 0.3 is 0 Å². The van der Waals surface area contributed by atoms with Crippen LogP contribution in [-0.2, 0) is 0 Å². The zero-order valence-corrected chi connectivity index (χ0v) is 13.0. The summed E-state index contributed by atoms with van der Waals surface area (Å²) in [6, 6.07) is 6.18. The Kier molecular flexibility index (Phi) is 6.64. The zero-order chi connectivity index (χ0) is 12.7. The number of nitrogens with two attached hydrogens (primary N) is 1. The van der Waals surface area contributed by atoms with Crippen molar-refractivity contribution in [1.82, 2.24) is 0 Å². The first-order chi connectivity index (χ1) is 8.13. The third-order valence-corrected chi connectivity index (χ3v) is 3.56. The maximum atomic E-state index is 8.37. The van der Waals surface area contributed by atoms with Crippen LogP contribution in [0.25, 0.3) is 0 Å². The normalized spacial score (nSPS) is 11.5. The van der Waals surface area contributed by atoms with Gasteiger partial charge in [0.15, 0.2) is 0 Å². The Morgan fingerprint density at radius 1 is 1.47 bits per heavy atom. The molecule has 0 saturated carbocycles. The van der Waals surface area contributed by atoms with Crippen LogP contribution < -0.4 is 11.1 Å². The highest BCUT2D eigenvalue weighted by Crippen LogP contribution is 2.24. The molecule has 0 saturated heterocycles. The number of hydrogen-bond acceptors (Lipinski definition) is 3. The molecule has 0 aliphatic heterocycles. The number of nitrogens with one attached hydrogen (secondary N) is 1. The first-order valence-corrected chi connectivity index (χ1v) is 7.16. The average Bonchev–Trinajstić information content (AvgIpc) is 2.30. The summed E-state index contributed by atoms with van der Waals surface area (Å²) < 4.78 is 2.27. The van der Waals surface area contributed by atoms with E-state index in [0.29, 0.717) is 12.3 Å². The van der Waals surface area contributed by atoms with E-state index >= 15 is 0 Å². The molecule has 0 aliphatic rings. The van der Waals surface area contributed by atoms with Crippen molar-refractivity contribution in [3.8, 4) is 0 Å². The largest absolute Gasteiger partial charge is 0.409 e. The van der Waals surface area contributed by atoms with Crippen molar-refractivity contribution < 1.29 is 5.21 Å². The summed E-state index contributed by atoms with van der Waals surface area (Å²) >= 11 is 5.79. The van der Waals surface area contributed by atoms with E-state index in [1.807, 2.05) is 0 Å². The molecular formula is C11H15BrIN3O. The van der Waals surface area contributed by atoms with Gasteiger partial charge in [-0.05, 0) is 69.6 Å². The van der Waals surface area contributed by atoms with Gasteiger partial charge in [0.05, 0.1) is 0 Å². The molecule has 0 aliphatic carbocycles. The van der Waals surface area contributed by atoms with Crippen LogP contribution >= 0.6 is 38.5 Å². The fourth-order valence-corrected chi connectivity index (χ4v) is 2.78. The van der Waals surface area contributed by atoms with Crippen molar-refractivity contribution in [2.75, 3.05) is 11.9 Å². The van der Waals surface area contributed by atoms with E-state index in [1.54, 1.807) is 0 Å². The molecule has 0 unspecified atom stereocenters. The van der Waals surface area contributed by atoms with Crippen LogP contribution in [-0.4, -0.2) is 17.6 Å². The van der Waals surface area contributed by atoms with Crippen LogP contribution in [0.3, 0.4) is 0 Å². The number of amidine groups is 1. The molecule has 4 nitrogen and oxygen atoms in total. The van der Waals surface area contributed by atoms with Gasteiger partial charge in [0.2, 0.25) is 0 Å². The lowest BCUT2D eigenvalue weighted by molar-refractivity contribution is 0.316. The molecule has 0 bridgehead atoms. The third kappa shape index (κ3) is 5.58. The number of anilines is 1. The summed E-state index contributed by atoms with van der Waals surface area (Å²) in [5.41, 5.74) is 6.47. The molecule has 17 heavy (non-hydrogen) atoms. The Balaban J connectivity index is 2.27. The van der Waals surface area contributed by atoms with Crippen molar-refractivity contribution >= 4 is 50.0 Å². The van der Waals surface area contributed by atoms with Crippen LogP contribution in [0.5, 0.6) is 0 Å². The van der Waals surface area contributed by atoms with E-state index in [1.165, 1.54) is 3.57 Å². The fourth-order valence-electron chi connectivity index (χ4n) is 1.34. The topological polar surface area (TPSA) is 70.6 Å². The second-order valence-electron chi connectivity index (χ2n) is 3.60. The van der Waals surface area contributed by atoms with Gasteiger partial charge in [-0.15, -0.1) is 0 Å². The average molecular weight is 412 g/mol. The van der Waals surface area contributed by atoms with Gasteiger partial charge < -0.3 is 16.3 Å². The van der Waals surface area contributed by atoms with Crippen LogP contribution in [0.15, 0.2) is 27.8 Å². The molecule has 1 aromatic carbocycles. The number of hydrogen-bond donors (Lipinski definition) is 3. The molecule has 0 spiro atoms. The minimum absolute atomic E-state index is 0.292. The van der Waals surface area contributed by atoms with Gasteiger partial charge in [-0.3, -0.25) is 0 Å². The van der Waals surface area contributed by atoms with Crippen LogP contribution in [0.2, 0.25) is 0 Å². The molecule has 0 atom stereocenters. The molecule has 4 N–H and O–H groups in total. The minimum atomic E-state index is 0.292. The molecule has 0 fully saturated rings. The van der Waals surface area contributed by atoms with Gasteiger partial charge in [-0.1, -0.05) is 5.16 Å². The highest BCUT2D eigenvalue weighted by atomic mass is 127. The summed E-state index contributed by atoms with van der Waals surface area (Å²) in [4.78, 5) is 0. The van der Waals surface area contributed by atoms with E-state index in [2.05, 4.69) is 67.2 Å². The van der Waals surface area contributed by atoms with Crippen LogP contribution in [0.1, 0.15) is 19.3 Å². The maximum absolute atomic E-state index is 8.37. The number of benzene rings is 1. The highest BCUT2D eigenvalue weighted by Gasteiger charge is 1.99. The van der Waals surface area contributed by atoms with Gasteiger partial charge in [0, 0.05) is 26.7 Å². The quantitative estimate of drug-likeness (QED) is 0.168. The lowest BCUT2D eigenvalue weighted by Crippen LogP contribution is -2.12. The Morgan fingerprint density at radius 2 is 2.24 bits per heavy atom. The second kappa shape index (κ2) is 7.75. The zero-order valence-electron chi connectivity index (χ0n) is 9.29. The summed E-state index contributed by atoms with van der Waals surface area (Å²) in [6.07, 6.45) is 2.52. The Hall–Kier alpha value is -0.500. The second-order valence-corrected chi connectivity index (χ2v) is 5.70. The van der Waals surface area contributed by atoms with Gasteiger partial charge in [-0.25, -0.2) is 0 Å². The number of unbranched alkanes of at least 4 members (excludes halogenated alkanes) is 1. The lowest BCUT2D eigenvalue weighted by Gasteiger charge is -2.08. The third-order valence-electron chi connectivity index (χ3n) is 2.23. The van der Waals surface area contributed by atoms with E-state index in [0.717, 1.165) is 29.5 Å². The summed E-state index contributed by atoms with van der Waals surface area (Å²) in [6.45, 7) is 0.873. The van der Waals surface area contributed by atoms with Gasteiger partial charge in [0.1, 0.15) is 5.84 Å². The predicted octanol–water partition coefficient (Wildman–Crippen LogP) is 3.38. The molecule has 94 valence electrons. The Bertz CT molecular complexity index is 398. The van der Waals surface area contributed by atoms with Gasteiger partial charge in [0.25, 0.3) is 0 Å². The lowest BCUT2D eigenvalue weighted by atomic mass is 10.2. The predicted molar refractivity (Wildman–Crippen MR) is 82.6 cm³/mol. The van der Waals surface area contributed by atoms with Crippen molar-refractivity contribution in [3.63, 3.8) is 0 Å². The van der Waals surface area contributed by atoms with E-state index in [9.17, 15) is 0 Å². The van der Waals surface area contributed by atoms with Gasteiger partial charge in [-0.2, -0.15) is 0 Å². The maximum Gasteiger partial charge on any atom is 0.139 e. The molecule has 1 aromatic rings. The highest BCUT2D eigenvalue weighted by molar-refractivity contribution is 14.1. The number of rotatable bonds is 6. The first-order valence-electron chi connectivity index (χ1n) is 5.29. The summed E-state index contributed by atoms with van der Waals surface area (Å²) in [5.74, 6) is 0.292. The molecule has 0 radical (unpaired) electrons. The molecule has 1 rings (SSSR count). The minimum Gasteiger partial charge on any atom is -0.409 e. The fraction of sp³-hybridized carbons (Fsp3) is 0.364. The molecule has 6 heteroatoms. The Morgan fingerprint density at radius 3 is 2.88 bits per heavy atom. The number of oxime groups is 1. The standard InChI is InChI=1S/C11H15BrIN3O/c12-9-7-8(13)4-5-10(9)15-6-2-1-3-11(14)16-17/h4-5,7,15,17H,1-3,6H2,(H2,14,16). The van der Waals surface area contributed by atoms with E-state index in [4.69, 9.17) is 10.9 Å². The van der Waals surface area contributed by atoms with Crippen molar-refractivity contribution in [2.24, 2.45) is 10.9 Å². The molecule has 0 amide bonds. The van der Waals surface area contributed by atoms with E-state index in [-0.39, 0.29) is 0 Å². The molecule has 0 heterocycles. The summed E-state index contributed by atoms with van der Waals surface area (Å²) in [5, 5.41) is 14.6. The van der Waals surface area contributed by atoms with Crippen LogP contribution in [0, 0.1) is 3.57 Å². The SMILES string of the molecule is N/C(CCCCNc1ccc(I)cc1Br)=N/O. The molecular weight excluding hydrogens is 397 g/mol.